The fourth-order valence-corrected chi connectivity index (χ4v) is 3.15. The molecule has 0 atom stereocenters. The van der Waals surface area contributed by atoms with Crippen LogP contribution in [-0.2, 0) is 14.3 Å². The molecule has 144 valence electrons. The largest absolute Gasteiger partial charge is 0.462 e. The number of nitrogens with zero attached hydrogens (tertiary/aromatic N) is 1. The first-order valence-corrected chi connectivity index (χ1v) is 9.18. The van der Waals surface area contributed by atoms with E-state index < -0.39 is 17.8 Å². The highest BCUT2D eigenvalue weighted by molar-refractivity contribution is 6.53. The van der Waals surface area contributed by atoms with Gasteiger partial charge in [-0.1, -0.05) is 23.2 Å². The molecule has 2 aromatic rings. The maximum atomic E-state index is 12.8. The van der Waals surface area contributed by atoms with Crippen LogP contribution >= 0.6 is 23.2 Å². The van der Waals surface area contributed by atoms with Gasteiger partial charge in [-0.3, -0.25) is 9.59 Å². The predicted octanol–water partition coefficient (Wildman–Crippen LogP) is 4.26. The predicted molar refractivity (Wildman–Crippen MR) is 108 cm³/mol. The number of halogens is 2. The molecule has 1 aliphatic heterocycles. The Bertz CT molecular complexity index is 1000. The van der Waals surface area contributed by atoms with E-state index in [1.54, 1.807) is 25.1 Å². The minimum Gasteiger partial charge on any atom is -0.462 e. The minimum atomic E-state index is -0.648. The second kappa shape index (κ2) is 8.04. The van der Waals surface area contributed by atoms with Crippen molar-refractivity contribution in [2.75, 3.05) is 16.8 Å². The molecule has 0 aliphatic carbocycles. The molecule has 8 heteroatoms. The average Bonchev–Trinajstić information content (AvgIpc) is 2.87. The number of amides is 2. The van der Waals surface area contributed by atoms with Gasteiger partial charge < -0.3 is 10.1 Å². The molecule has 1 N–H and O–H groups in total. The number of ether oxygens (including phenoxy) is 1. The minimum absolute atomic E-state index is 0.0217. The van der Waals surface area contributed by atoms with Crippen LogP contribution in [0.5, 0.6) is 0 Å². The number of carbonyl (C=O) groups is 3. The molecule has 3 rings (SSSR count). The molecule has 6 nitrogen and oxygen atoms in total. The van der Waals surface area contributed by atoms with Crippen LogP contribution in [0.2, 0.25) is 5.02 Å². The normalized spacial score (nSPS) is 13.9. The quantitative estimate of drug-likeness (QED) is 0.579. The van der Waals surface area contributed by atoms with E-state index in [1.807, 2.05) is 6.92 Å². The van der Waals surface area contributed by atoms with Crippen LogP contribution in [-0.4, -0.2) is 24.4 Å². The molecule has 0 bridgehead atoms. The Labute approximate surface area is 171 Å². The number of anilines is 2. The lowest BCUT2D eigenvalue weighted by Crippen LogP contribution is -2.32. The molecule has 0 spiro atoms. The van der Waals surface area contributed by atoms with E-state index in [0.29, 0.717) is 22.0 Å². The molecule has 28 heavy (non-hydrogen) atoms. The lowest BCUT2D eigenvalue weighted by atomic mass is 10.2. The lowest BCUT2D eigenvalue weighted by molar-refractivity contribution is -0.120. The van der Waals surface area contributed by atoms with Gasteiger partial charge in [-0.25, -0.2) is 9.69 Å². The molecule has 1 heterocycles. The van der Waals surface area contributed by atoms with E-state index in [0.717, 1.165) is 10.5 Å². The monoisotopic (exact) mass is 418 g/mol. The highest BCUT2D eigenvalue weighted by Crippen LogP contribution is 2.31. The summed E-state index contributed by atoms with van der Waals surface area (Å²) in [6.07, 6.45) is 0. The van der Waals surface area contributed by atoms with Gasteiger partial charge in [0.05, 0.1) is 17.9 Å². The number of nitrogens with one attached hydrogen (secondary N) is 1. The molecule has 0 radical (unpaired) electrons. The van der Waals surface area contributed by atoms with Crippen LogP contribution in [0.1, 0.15) is 22.8 Å². The molecule has 0 unspecified atom stereocenters. The van der Waals surface area contributed by atoms with Crippen molar-refractivity contribution < 1.29 is 19.1 Å². The SMILES string of the molecule is CCOC(=O)c1ccc(N2C(=O)C(Cl)=C(Nc3ccc(Cl)cc3C)C2=O)cc1. The van der Waals surface area contributed by atoms with Crippen LogP contribution in [0, 0.1) is 6.92 Å². The Morgan fingerprint density at radius 3 is 2.36 bits per heavy atom. The summed E-state index contributed by atoms with van der Waals surface area (Å²) in [5.74, 6) is -1.72. The number of carbonyl (C=O) groups excluding carboxylic acids is 3. The first-order valence-electron chi connectivity index (χ1n) is 8.42. The number of rotatable bonds is 5. The summed E-state index contributed by atoms with van der Waals surface area (Å²) in [5.41, 5.74) is 2.00. The van der Waals surface area contributed by atoms with Crippen LogP contribution < -0.4 is 10.2 Å². The summed E-state index contributed by atoms with van der Waals surface area (Å²) in [7, 11) is 0. The van der Waals surface area contributed by atoms with Gasteiger partial charge in [0.2, 0.25) is 0 Å². The second-order valence-corrected chi connectivity index (χ2v) is 6.80. The molecule has 0 saturated carbocycles. The zero-order valence-corrected chi connectivity index (χ0v) is 16.6. The maximum absolute atomic E-state index is 12.8. The summed E-state index contributed by atoms with van der Waals surface area (Å²) in [4.78, 5) is 38.1. The lowest BCUT2D eigenvalue weighted by Gasteiger charge is -2.16. The van der Waals surface area contributed by atoms with Crippen LogP contribution in [0.15, 0.2) is 53.2 Å². The fraction of sp³-hybridized carbons (Fsp3) is 0.150. The molecule has 1 aliphatic rings. The van der Waals surface area contributed by atoms with Gasteiger partial charge in [0.1, 0.15) is 10.7 Å². The van der Waals surface area contributed by atoms with Crippen molar-refractivity contribution in [3.8, 4) is 0 Å². The van der Waals surface area contributed by atoms with Gasteiger partial charge in [-0.15, -0.1) is 0 Å². The first kappa shape index (κ1) is 19.9. The van der Waals surface area contributed by atoms with Crippen LogP contribution in [0.4, 0.5) is 11.4 Å². The zero-order chi connectivity index (χ0) is 20.4. The van der Waals surface area contributed by atoms with Crippen molar-refractivity contribution >= 4 is 52.4 Å². The number of esters is 1. The zero-order valence-electron chi connectivity index (χ0n) is 15.1. The van der Waals surface area contributed by atoms with E-state index in [4.69, 9.17) is 27.9 Å². The third-order valence-electron chi connectivity index (χ3n) is 4.11. The molecular weight excluding hydrogens is 403 g/mol. The third-order valence-corrected chi connectivity index (χ3v) is 4.70. The Hall–Kier alpha value is -2.83. The van der Waals surface area contributed by atoms with Crippen molar-refractivity contribution in [1.29, 1.82) is 0 Å². The van der Waals surface area contributed by atoms with Crippen molar-refractivity contribution in [2.45, 2.75) is 13.8 Å². The van der Waals surface area contributed by atoms with E-state index in [-0.39, 0.29) is 17.3 Å². The first-order chi connectivity index (χ1) is 13.3. The summed E-state index contributed by atoms with van der Waals surface area (Å²) in [5, 5.41) is 3.26. The molecule has 0 aromatic heterocycles. The van der Waals surface area contributed by atoms with E-state index in [9.17, 15) is 14.4 Å². The number of benzene rings is 2. The number of hydrogen-bond donors (Lipinski definition) is 1. The number of imide groups is 1. The Balaban J connectivity index is 1.85. The van der Waals surface area contributed by atoms with Crippen molar-refractivity contribution in [2.24, 2.45) is 0 Å². The van der Waals surface area contributed by atoms with Gasteiger partial charge in [0, 0.05) is 10.7 Å². The molecule has 0 saturated heterocycles. The second-order valence-electron chi connectivity index (χ2n) is 5.99. The van der Waals surface area contributed by atoms with Gasteiger partial charge in [-0.2, -0.15) is 0 Å². The van der Waals surface area contributed by atoms with Gasteiger partial charge in [0.25, 0.3) is 11.8 Å². The summed E-state index contributed by atoms with van der Waals surface area (Å²) in [6, 6.07) is 11.0. The molecule has 0 fully saturated rings. The fourth-order valence-electron chi connectivity index (χ4n) is 2.71. The highest BCUT2D eigenvalue weighted by Gasteiger charge is 2.39. The van der Waals surface area contributed by atoms with Gasteiger partial charge in [-0.05, 0) is 61.9 Å². The highest BCUT2D eigenvalue weighted by atomic mass is 35.5. The summed E-state index contributed by atoms with van der Waals surface area (Å²) >= 11 is 12.1. The van der Waals surface area contributed by atoms with Gasteiger partial charge >= 0.3 is 5.97 Å². The third kappa shape index (κ3) is 3.74. The van der Waals surface area contributed by atoms with E-state index >= 15 is 0 Å². The van der Waals surface area contributed by atoms with Crippen molar-refractivity contribution in [3.63, 3.8) is 0 Å². The molecule has 2 amide bonds. The Kier molecular flexibility index (Phi) is 5.72. The Morgan fingerprint density at radius 1 is 1.07 bits per heavy atom. The van der Waals surface area contributed by atoms with E-state index in [2.05, 4.69) is 5.32 Å². The van der Waals surface area contributed by atoms with Crippen molar-refractivity contribution in [3.05, 3.63) is 69.3 Å². The van der Waals surface area contributed by atoms with Crippen LogP contribution in [0.25, 0.3) is 0 Å². The standard InChI is InChI=1S/C20H16Cl2N2O4/c1-3-28-20(27)12-4-7-14(8-5-12)24-18(25)16(22)17(19(24)26)23-15-9-6-13(21)10-11(15)2/h4-10,23H,3H2,1-2H3. The summed E-state index contributed by atoms with van der Waals surface area (Å²) in [6.45, 7) is 3.77. The number of aryl methyl sites for hydroxylation is 1. The smallest absolute Gasteiger partial charge is 0.338 e. The summed E-state index contributed by atoms with van der Waals surface area (Å²) < 4.78 is 4.92. The van der Waals surface area contributed by atoms with Gasteiger partial charge in [0.15, 0.2) is 0 Å². The van der Waals surface area contributed by atoms with Crippen molar-refractivity contribution in [1.82, 2.24) is 0 Å². The van der Waals surface area contributed by atoms with E-state index in [1.165, 1.54) is 24.3 Å². The average molecular weight is 419 g/mol. The molecule has 2 aromatic carbocycles. The maximum Gasteiger partial charge on any atom is 0.338 e. The Morgan fingerprint density at radius 2 is 1.75 bits per heavy atom. The van der Waals surface area contributed by atoms with Crippen LogP contribution in [0.3, 0.4) is 0 Å². The topological polar surface area (TPSA) is 75.7 Å². The number of hydrogen-bond acceptors (Lipinski definition) is 5. The molecular formula is C20H16Cl2N2O4.